The van der Waals surface area contributed by atoms with Gasteiger partial charge in [0.1, 0.15) is 11.5 Å². The lowest BCUT2D eigenvalue weighted by Crippen LogP contribution is -2.39. The molecule has 3 N–H and O–H groups in total. The quantitative estimate of drug-likeness (QED) is 0.753. The van der Waals surface area contributed by atoms with Crippen molar-refractivity contribution in [3.63, 3.8) is 0 Å². The number of phenolic OH excluding ortho intramolecular Hbond substituents is 2. The number of hydrogen-bond acceptors (Lipinski definition) is 3. The van der Waals surface area contributed by atoms with Crippen LogP contribution in [0.2, 0.25) is 0 Å². The first-order chi connectivity index (χ1) is 11.4. The van der Waals surface area contributed by atoms with E-state index < -0.39 is 28.5 Å². The zero-order valence-electron chi connectivity index (χ0n) is 14.2. The number of rotatable bonds is 4. The van der Waals surface area contributed by atoms with Crippen LogP contribution in [0.15, 0.2) is 42.5 Å². The fourth-order valence-electron chi connectivity index (χ4n) is 2.83. The molecule has 6 heteroatoms. The molecule has 2 rings (SSSR count). The molecular formula is C19H21F3O3. The Balaban J connectivity index is 2.63. The lowest BCUT2D eigenvalue weighted by molar-refractivity contribution is -0.259. The van der Waals surface area contributed by atoms with Crippen LogP contribution in [0.25, 0.3) is 0 Å². The topological polar surface area (TPSA) is 60.7 Å². The summed E-state index contributed by atoms with van der Waals surface area (Å²) in [5, 5.41) is 29.3. The monoisotopic (exact) mass is 354 g/mol. The first-order valence-electron chi connectivity index (χ1n) is 7.86. The molecule has 0 aliphatic rings. The third-order valence-corrected chi connectivity index (χ3v) is 4.92. The van der Waals surface area contributed by atoms with Gasteiger partial charge < -0.3 is 15.3 Å². The Morgan fingerprint density at radius 2 is 1.40 bits per heavy atom. The van der Waals surface area contributed by atoms with Crippen LogP contribution in [0.3, 0.4) is 0 Å². The van der Waals surface area contributed by atoms with Gasteiger partial charge in [0, 0.05) is 11.0 Å². The van der Waals surface area contributed by atoms with Gasteiger partial charge in [-0.15, -0.1) is 0 Å². The number of phenols is 2. The standard InChI is InChI=1S/C19H21F3O3/c1-4-17(2,12-5-8-14(23)9-6-12)13-7-10-16(24)15(11-13)18(3,25)19(20,21)22/h5-11,23-25H,4H2,1-3H3. The van der Waals surface area contributed by atoms with Gasteiger partial charge in [-0.2, -0.15) is 13.2 Å². The van der Waals surface area contributed by atoms with Crippen LogP contribution in [0.1, 0.15) is 43.9 Å². The van der Waals surface area contributed by atoms with Gasteiger partial charge in [-0.25, -0.2) is 0 Å². The zero-order valence-corrected chi connectivity index (χ0v) is 14.2. The first kappa shape index (κ1) is 19.1. The Bertz CT molecular complexity index is 751. The summed E-state index contributed by atoms with van der Waals surface area (Å²) < 4.78 is 39.6. The molecule has 0 aromatic heterocycles. The van der Waals surface area contributed by atoms with Crippen molar-refractivity contribution >= 4 is 0 Å². The highest BCUT2D eigenvalue weighted by Crippen LogP contribution is 2.45. The molecule has 2 aromatic carbocycles. The minimum atomic E-state index is -4.93. The summed E-state index contributed by atoms with van der Waals surface area (Å²) in [6, 6.07) is 10.3. The van der Waals surface area contributed by atoms with Crippen LogP contribution in [0.4, 0.5) is 13.2 Å². The van der Waals surface area contributed by atoms with Gasteiger partial charge >= 0.3 is 6.18 Å². The molecule has 0 spiro atoms. The van der Waals surface area contributed by atoms with Crippen LogP contribution in [0.5, 0.6) is 11.5 Å². The highest BCUT2D eigenvalue weighted by Gasteiger charge is 2.52. The van der Waals surface area contributed by atoms with Gasteiger partial charge in [-0.1, -0.05) is 32.0 Å². The maximum absolute atomic E-state index is 13.2. The summed E-state index contributed by atoms with van der Waals surface area (Å²) in [4.78, 5) is 0. The molecule has 2 aromatic rings. The first-order valence-corrected chi connectivity index (χ1v) is 7.86. The van der Waals surface area contributed by atoms with Crippen molar-refractivity contribution in [1.82, 2.24) is 0 Å². The fourth-order valence-corrected chi connectivity index (χ4v) is 2.83. The summed E-state index contributed by atoms with van der Waals surface area (Å²) in [5.74, 6) is -0.524. The number of aromatic hydroxyl groups is 2. The second-order valence-electron chi connectivity index (χ2n) is 6.53. The van der Waals surface area contributed by atoms with Gasteiger partial charge in [0.25, 0.3) is 0 Å². The van der Waals surface area contributed by atoms with Crippen molar-refractivity contribution in [1.29, 1.82) is 0 Å². The predicted octanol–water partition coefficient (Wildman–Crippen LogP) is 4.58. The molecule has 3 nitrogen and oxygen atoms in total. The van der Waals surface area contributed by atoms with E-state index in [1.54, 1.807) is 18.2 Å². The van der Waals surface area contributed by atoms with Crippen molar-refractivity contribution in [3.05, 3.63) is 59.2 Å². The second-order valence-corrected chi connectivity index (χ2v) is 6.53. The van der Waals surface area contributed by atoms with E-state index in [1.165, 1.54) is 24.3 Å². The summed E-state index contributed by atoms with van der Waals surface area (Å²) >= 11 is 0. The third kappa shape index (κ3) is 3.31. The van der Waals surface area contributed by atoms with E-state index in [0.29, 0.717) is 18.9 Å². The molecule has 2 unspecified atom stereocenters. The van der Waals surface area contributed by atoms with Crippen LogP contribution < -0.4 is 0 Å². The van der Waals surface area contributed by atoms with Gasteiger partial charge in [0.05, 0.1) is 0 Å². The minimum absolute atomic E-state index is 0.0913. The van der Waals surface area contributed by atoms with Gasteiger partial charge in [-0.3, -0.25) is 0 Å². The van der Waals surface area contributed by atoms with Crippen molar-refractivity contribution in [3.8, 4) is 11.5 Å². The third-order valence-electron chi connectivity index (χ3n) is 4.92. The van der Waals surface area contributed by atoms with Crippen molar-refractivity contribution in [2.45, 2.75) is 44.4 Å². The number of hydrogen-bond donors (Lipinski definition) is 3. The molecule has 0 heterocycles. The second kappa shape index (κ2) is 6.26. The van der Waals surface area contributed by atoms with Crippen LogP contribution >= 0.6 is 0 Å². The molecule has 0 saturated carbocycles. The maximum Gasteiger partial charge on any atom is 0.421 e. The van der Waals surface area contributed by atoms with Gasteiger partial charge in [0.2, 0.25) is 0 Å². The zero-order chi connectivity index (χ0) is 19.0. The van der Waals surface area contributed by atoms with Crippen molar-refractivity contribution in [2.75, 3.05) is 0 Å². The Morgan fingerprint density at radius 3 is 1.88 bits per heavy atom. The Kier molecular flexibility index (Phi) is 4.79. The Labute approximate surface area is 144 Å². The van der Waals surface area contributed by atoms with Crippen LogP contribution in [0, 0.1) is 0 Å². The molecule has 2 atom stereocenters. The molecule has 136 valence electrons. The van der Waals surface area contributed by atoms with Crippen molar-refractivity contribution < 1.29 is 28.5 Å². The Hall–Kier alpha value is -2.21. The summed E-state index contributed by atoms with van der Waals surface area (Å²) in [6.07, 6.45) is -4.36. The lowest BCUT2D eigenvalue weighted by atomic mass is 9.73. The minimum Gasteiger partial charge on any atom is -0.508 e. The molecule has 0 fully saturated rings. The fraction of sp³-hybridized carbons (Fsp3) is 0.368. The molecule has 0 radical (unpaired) electrons. The van der Waals surface area contributed by atoms with Crippen LogP contribution in [-0.4, -0.2) is 21.5 Å². The Morgan fingerprint density at radius 1 is 0.880 bits per heavy atom. The van der Waals surface area contributed by atoms with E-state index in [1.807, 2.05) is 13.8 Å². The maximum atomic E-state index is 13.2. The summed E-state index contributed by atoms with van der Waals surface area (Å²) in [6.45, 7) is 4.37. The smallest absolute Gasteiger partial charge is 0.421 e. The number of benzene rings is 2. The summed E-state index contributed by atoms with van der Waals surface area (Å²) in [5.41, 5.74) is -3.08. The van der Waals surface area contributed by atoms with E-state index in [0.717, 1.165) is 5.56 Å². The average Bonchev–Trinajstić information content (AvgIpc) is 2.54. The molecule has 0 aliphatic heterocycles. The lowest BCUT2D eigenvalue weighted by Gasteiger charge is -2.33. The van der Waals surface area contributed by atoms with Crippen molar-refractivity contribution in [2.24, 2.45) is 0 Å². The number of aliphatic hydroxyl groups is 1. The van der Waals surface area contributed by atoms with E-state index in [4.69, 9.17) is 0 Å². The number of halogens is 3. The molecular weight excluding hydrogens is 333 g/mol. The molecule has 0 aliphatic carbocycles. The van der Waals surface area contributed by atoms with E-state index in [2.05, 4.69) is 0 Å². The molecule has 0 bridgehead atoms. The summed E-state index contributed by atoms with van der Waals surface area (Å²) in [7, 11) is 0. The highest BCUT2D eigenvalue weighted by molar-refractivity contribution is 5.47. The SMILES string of the molecule is CCC(C)(c1ccc(O)cc1)c1ccc(O)c(C(C)(O)C(F)(F)F)c1. The predicted molar refractivity (Wildman–Crippen MR) is 88.6 cm³/mol. The highest BCUT2D eigenvalue weighted by atomic mass is 19.4. The van der Waals surface area contributed by atoms with Gasteiger partial charge in [-0.05, 0) is 48.7 Å². The number of alkyl halides is 3. The van der Waals surface area contributed by atoms with E-state index in [9.17, 15) is 28.5 Å². The van der Waals surface area contributed by atoms with E-state index in [-0.39, 0.29) is 5.75 Å². The van der Waals surface area contributed by atoms with E-state index >= 15 is 0 Å². The van der Waals surface area contributed by atoms with Gasteiger partial charge in [0.15, 0.2) is 5.60 Å². The average molecular weight is 354 g/mol. The van der Waals surface area contributed by atoms with Crippen LogP contribution in [-0.2, 0) is 11.0 Å². The molecule has 0 amide bonds. The normalized spacial score (nSPS) is 16.9. The molecule has 25 heavy (non-hydrogen) atoms. The molecule has 0 saturated heterocycles. The largest absolute Gasteiger partial charge is 0.508 e.